The predicted molar refractivity (Wildman–Crippen MR) is 106 cm³/mol. The minimum absolute atomic E-state index is 0.117. The lowest BCUT2D eigenvalue weighted by molar-refractivity contribution is 0.104. The zero-order valence-electron chi connectivity index (χ0n) is 16.0. The smallest absolute Gasteiger partial charge is 0.185 e. The Morgan fingerprint density at radius 1 is 1.22 bits per heavy atom. The van der Waals surface area contributed by atoms with Crippen molar-refractivity contribution in [3.63, 3.8) is 0 Å². The highest BCUT2D eigenvalue weighted by Gasteiger charge is 2.14. The van der Waals surface area contributed by atoms with E-state index < -0.39 is 6.30 Å². The van der Waals surface area contributed by atoms with Gasteiger partial charge in [-0.1, -0.05) is 31.6 Å². The van der Waals surface area contributed by atoms with E-state index in [4.69, 9.17) is 9.47 Å². The minimum Gasteiger partial charge on any atom is -0.497 e. The number of ketones is 1. The number of benzene rings is 2. The highest BCUT2D eigenvalue weighted by molar-refractivity contribution is 6.06. The Hall–Kier alpha value is -2.66. The largest absolute Gasteiger partial charge is 0.497 e. The number of halogens is 1. The standard InChI is InChI=1S/C22H26FNO3/c1-4-5-14-27-21-15-16(6-12-19(21)22(23)24-2)7-13-20(25)17-8-10-18(26-3)11-9-17/h6-13,15,22,24H,4-5,14H2,1-3H3/b13-7+. The molecule has 0 aliphatic carbocycles. The average Bonchev–Trinajstić information content (AvgIpc) is 2.71. The Balaban J connectivity index is 2.17. The van der Waals surface area contributed by atoms with Crippen LogP contribution in [0, 0.1) is 0 Å². The summed E-state index contributed by atoms with van der Waals surface area (Å²) in [4.78, 5) is 12.3. The van der Waals surface area contributed by atoms with Crippen LogP contribution in [-0.4, -0.2) is 26.5 Å². The summed E-state index contributed by atoms with van der Waals surface area (Å²) in [6.07, 6.45) is 3.79. The highest BCUT2D eigenvalue weighted by atomic mass is 19.1. The molecule has 0 aliphatic heterocycles. The van der Waals surface area contributed by atoms with Crippen molar-refractivity contribution in [1.82, 2.24) is 5.32 Å². The fourth-order valence-corrected chi connectivity index (χ4v) is 2.49. The van der Waals surface area contributed by atoms with Gasteiger partial charge in [-0.3, -0.25) is 10.1 Å². The van der Waals surface area contributed by atoms with Crippen LogP contribution in [0.3, 0.4) is 0 Å². The lowest BCUT2D eigenvalue weighted by atomic mass is 10.1. The van der Waals surface area contributed by atoms with Gasteiger partial charge in [0.2, 0.25) is 0 Å². The third-order valence-corrected chi connectivity index (χ3v) is 4.12. The fourth-order valence-electron chi connectivity index (χ4n) is 2.49. The second kappa shape index (κ2) is 10.5. The zero-order chi connectivity index (χ0) is 19.6. The van der Waals surface area contributed by atoms with Crippen molar-refractivity contribution >= 4 is 11.9 Å². The van der Waals surface area contributed by atoms with Crippen LogP contribution in [0.25, 0.3) is 6.08 Å². The van der Waals surface area contributed by atoms with Crippen LogP contribution in [-0.2, 0) is 0 Å². The number of alkyl halides is 1. The van der Waals surface area contributed by atoms with E-state index in [1.807, 2.05) is 0 Å². The molecule has 0 aliphatic rings. The van der Waals surface area contributed by atoms with Gasteiger partial charge in [-0.05, 0) is 55.4 Å². The molecule has 4 nitrogen and oxygen atoms in total. The average molecular weight is 371 g/mol. The van der Waals surface area contributed by atoms with Crippen molar-refractivity contribution in [2.24, 2.45) is 0 Å². The molecule has 2 aromatic carbocycles. The van der Waals surface area contributed by atoms with Crippen molar-refractivity contribution in [2.75, 3.05) is 20.8 Å². The molecule has 27 heavy (non-hydrogen) atoms. The van der Waals surface area contributed by atoms with E-state index in [1.165, 1.54) is 6.08 Å². The Labute approximate surface area is 160 Å². The molecular formula is C22H26FNO3. The maximum atomic E-state index is 14.1. The molecule has 0 aromatic heterocycles. The van der Waals surface area contributed by atoms with Crippen molar-refractivity contribution in [2.45, 2.75) is 26.1 Å². The number of nitrogens with one attached hydrogen (secondary N) is 1. The van der Waals surface area contributed by atoms with Gasteiger partial charge in [-0.25, -0.2) is 4.39 Å². The van der Waals surface area contributed by atoms with Gasteiger partial charge in [-0.2, -0.15) is 0 Å². The molecule has 0 radical (unpaired) electrons. The molecule has 5 heteroatoms. The third kappa shape index (κ3) is 5.93. The van der Waals surface area contributed by atoms with E-state index in [2.05, 4.69) is 12.2 Å². The van der Waals surface area contributed by atoms with Crippen LogP contribution in [0.4, 0.5) is 4.39 Å². The van der Waals surface area contributed by atoms with Crippen LogP contribution in [0.15, 0.2) is 48.5 Å². The van der Waals surface area contributed by atoms with Crippen molar-refractivity contribution in [1.29, 1.82) is 0 Å². The normalized spacial score (nSPS) is 12.1. The molecule has 0 fully saturated rings. The van der Waals surface area contributed by atoms with Gasteiger partial charge in [-0.15, -0.1) is 0 Å². The summed E-state index contributed by atoms with van der Waals surface area (Å²) in [6, 6.07) is 12.1. The summed E-state index contributed by atoms with van der Waals surface area (Å²) in [6.45, 7) is 2.59. The second-order valence-electron chi connectivity index (χ2n) is 6.08. The van der Waals surface area contributed by atoms with E-state index in [9.17, 15) is 9.18 Å². The summed E-state index contributed by atoms with van der Waals surface area (Å²) >= 11 is 0. The number of allylic oxidation sites excluding steroid dienone is 1. The third-order valence-electron chi connectivity index (χ3n) is 4.12. The lowest BCUT2D eigenvalue weighted by Crippen LogP contribution is -2.13. The van der Waals surface area contributed by atoms with Crippen molar-refractivity contribution in [3.05, 3.63) is 65.2 Å². The van der Waals surface area contributed by atoms with Crippen LogP contribution >= 0.6 is 0 Å². The summed E-state index contributed by atoms with van der Waals surface area (Å²) in [5.74, 6) is 1.07. The Morgan fingerprint density at radius 2 is 1.96 bits per heavy atom. The van der Waals surface area contributed by atoms with E-state index in [1.54, 1.807) is 62.7 Å². The number of ether oxygens (including phenoxy) is 2. The SMILES string of the molecule is CCCCOc1cc(/C=C/C(=O)c2ccc(OC)cc2)ccc1C(F)NC. The molecule has 0 saturated carbocycles. The highest BCUT2D eigenvalue weighted by Crippen LogP contribution is 2.28. The number of rotatable bonds is 10. The monoisotopic (exact) mass is 371 g/mol. The van der Waals surface area contributed by atoms with Gasteiger partial charge in [0.05, 0.1) is 13.7 Å². The van der Waals surface area contributed by atoms with Crippen molar-refractivity contribution in [3.8, 4) is 11.5 Å². The Bertz CT molecular complexity index is 772. The van der Waals surface area contributed by atoms with Gasteiger partial charge in [0, 0.05) is 11.1 Å². The van der Waals surface area contributed by atoms with Gasteiger partial charge >= 0.3 is 0 Å². The zero-order valence-corrected chi connectivity index (χ0v) is 16.0. The predicted octanol–water partition coefficient (Wildman–Crippen LogP) is 4.96. The van der Waals surface area contributed by atoms with Crippen LogP contribution in [0.2, 0.25) is 0 Å². The van der Waals surface area contributed by atoms with E-state index in [-0.39, 0.29) is 5.78 Å². The first-order valence-electron chi connectivity index (χ1n) is 9.03. The number of carbonyl (C=O) groups excluding carboxylic acids is 1. The van der Waals surface area contributed by atoms with Gasteiger partial charge in [0.15, 0.2) is 12.1 Å². The minimum atomic E-state index is -1.31. The van der Waals surface area contributed by atoms with Gasteiger partial charge in [0.1, 0.15) is 11.5 Å². The van der Waals surface area contributed by atoms with E-state index in [0.29, 0.717) is 29.2 Å². The summed E-state index contributed by atoms with van der Waals surface area (Å²) in [5, 5.41) is 2.58. The Kier molecular flexibility index (Phi) is 8.01. The number of carbonyl (C=O) groups is 1. The molecular weight excluding hydrogens is 345 g/mol. The summed E-state index contributed by atoms with van der Waals surface area (Å²) in [5.41, 5.74) is 1.80. The van der Waals surface area contributed by atoms with Crippen molar-refractivity contribution < 1.29 is 18.7 Å². The maximum absolute atomic E-state index is 14.1. The van der Waals surface area contributed by atoms with Crippen LogP contribution in [0.5, 0.6) is 11.5 Å². The molecule has 0 spiro atoms. The first-order chi connectivity index (χ1) is 13.1. The summed E-state index contributed by atoms with van der Waals surface area (Å²) < 4.78 is 24.9. The van der Waals surface area contributed by atoms with Crippen LogP contribution < -0.4 is 14.8 Å². The molecule has 1 unspecified atom stereocenters. The Morgan fingerprint density at radius 3 is 2.59 bits per heavy atom. The molecule has 0 bridgehead atoms. The number of hydrogen-bond acceptors (Lipinski definition) is 4. The summed E-state index contributed by atoms with van der Waals surface area (Å²) in [7, 11) is 3.14. The molecule has 0 amide bonds. The molecule has 1 atom stereocenters. The molecule has 1 N–H and O–H groups in total. The molecule has 2 rings (SSSR count). The fraction of sp³-hybridized carbons (Fsp3) is 0.318. The lowest BCUT2D eigenvalue weighted by Gasteiger charge is -2.15. The quantitative estimate of drug-likeness (QED) is 0.278. The topological polar surface area (TPSA) is 47.6 Å². The van der Waals surface area contributed by atoms with E-state index in [0.717, 1.165) is 18.4 Å². The molecule has 144 valence electrons. The van der Waals surface area contributed by atoms with Gasteiger partial charge in [0.25, 0.3) is 0 Å². The van der Waals surface area contributed by atoms with Crippen LogP contribution in [0.1, 0.15) is 47.5 Å². The maximum Gasteiger partial charge on any atom is 0.185 e. The van der Waals surface area contributed by atoms with E-state index >= 15 is 0 Å². The first kappa shape index (κ1) is 20.6. The number of methoxy groups -OCH3 is 1. The second-order valence-corrected chi connectivity index (χ2v) is 6.08. The molecule has 0 heterocycles. The number of unbranched alkanes of at least 4 members (excludes halogenated alkanes) is 1. The molecule has 0 saturated heterocycles. The van der Waals surface area contributed by atoms with Gasteiger partial charge < -0.3 is 9.47 Å². The molecule has 2 aromatic rings. The number of hydrogen-bond donors (Lipinski definition) is 1. The first-order valence-corrected chi connectivity index (χ1v) is 9.03.